The van der Waals surface area contributed by atoms with Crippen LogP contribution in [0.25, 0.3) is 0 Å². The molecule has 7 nitrogen and oxygen atoms in total. The topological polar surface area (TPSA) is 77.1 Å². The molecular weight excluding hydrogens is 234 g/mol. The Morgan fingerprint density at radius 1 is 1.22 bits per heavy atom. The minimum atomic E-state index is -0.767. The van der Waals surface area contributed by atoms with Crippen LogP contribution in [0.3, 0.4) is 0 Å². The molecule has 99 valence electrons. The molecule has 0 amide bonds. The van der Waals surface area contributed by atoms with Gasteiger partial charge in [-0.2, -0.15) is 0 Å². The summed E-state index contributed by atoms with van der Waals surface area (Å²) in [7, 11) is 1.76. The first-order chi connectivity index (χ1) is 8.12. The highest BCUT2D eigenvalue weighted by molar-refractivity contribution is 5.92. The molecule has 1 aliphatic rings. The van der Waals surface area contributed by atoms with Crippen LogP contribution < -0.4 is 0 Å². The largest absolute Gasteiger partial charge is 0.392 e. The Morgan fingerprint density at radius 2 is 1.78 bits per heavy atom. The summed E-state index contributed by atoms with van der Waals surface area (Å²) in [6.07, 6.45) is 0. The first-order valence-corrected chi connectivity index (χ1v) is 5.82. The SMILES string of the molecule is Cc1nnc(C2=[N+]([O])C(C)(C)C(C)(C)N2O)n1C. The summed E-state index contributed by atoms with van der Waals surface area (Å²) in [5, 5.41) is 31.6. The van der Waals surface area contributed by atoms with Gasteiger partial charge in [-0.25, -0.2) is 5.21 Å². The van der Waals surface area contributed by atoms with E-state index in [4.69, 9.17) is 0 Å². The molecule has 0 spiro atoms. The van der Waals surface area contributed by atoms with Crippen LogP contribution in [0.5, 0.6) is 0 Å². The van der Waals surface area contributed by atoms with E-state index in [0.717, 1.165) is 9.80 Å². The fraction of sp³-hybridized carbons (Fsp3) is 0.727. The fourth-order valence-electron chi connectivity index (χ4n) is 1.91. The van der Waals surface area contributed by atoms with E-state index >= 15 is 0 Å². The maximum atomic E-state index is 12.4. The molecule has 2 heterocycles. The van der Waals surface area contributed by atoms with Crippen molar-refractivity contribution in [1.82, 2.24) is 19.8 Å². The van der Waals surface area contributed by atoms with Crippen LogP contribution in [0.15, 0.2) is 0 Å². The molecule has 0 unspecified atom stereocenters. The number of rotatable bonds is 1. The van der Waals surface area contributed by atoms with Gasteiger partial charge in [0.2, 0.25) is 0 Å². The van der Waals surface area contributed by atoms with Gasteiger partial charge in [0.15, 0.2) is 11.1 Å². The Kier molecular flexibility index (Phi) is 2.45. The van der Waals surface area contributed by atoms with Crippen molar-refractivity contribution < 1.29 is 15.2 Å². The number of aromatic nitrogens is 3. The van der Waals surface area contributed by atoms with Crippen molar-refractivity contribution in [2.75, 3.05) is 0 Å². The Balaban J connectivity index is 2.65. The number of nitrogens with zero attached hydrogens (tertiary/aromatic N) is 5. The van der Waals surface area contributed by atoms with Crippen LogP contribution >= 0.6 is 0 Å². The molecule has 1 aromatic heterocycles. The molecule has 2 rings (SSSR count). The second-order valence-electron chi connectivity index (χ2n) is 5.68. The van der Waals surface area contributed by atoms with Crippen LogP contribution in [0, 0.1) is 6.92 Å². The normalized spacial score (nSPS) is 21.8. The van der Waals surface area contributed by atoms with Crippen molar-refractivity contribution in [1.29, 1.82) is 0 Å². The molecule has 0 bridgehead atoms. The van der Waals surface area contributed by atoms with E-state index in [1.165, 1.54) is 0 Å². The first kappa shape index (κ1) is 12.8. The van der Waals surface area contributed by atoms with Crippen molar-refractivity contribution in [3.8, 4) is 0 Å². The highest BCUT2D eigenvalue weighted by atomic mass is 16.5. The van der Waals surface area contributed by atoms with Gasteiger partial charge in [-0.1, -0.05) is 5.21 Å². The van der Waals surface area contributed by atoms with Crippen LogP contribution in [0.1, 0.15) is 39.3 Å². The second-order valence-corrected chi connectivity index (χ2v) is 5.68. The van der Waals surface area contributed by atoms with E-state index in [1.54, 1.807) is 32.4 Å². The molecule has 0 atom stereocenters. The number of hydrogen-bond acceptors (Lipinski definition) is 4. The zero-order chi connectivity index (χ0) is 13.9. The number of aryl methyl sites for hydroxylation is 1. The van der Waals surface area contributed by atoms with E-state index in [9.17, 15) is 10.4 Å². The molecule has 0 saturated carbocycles. The maximum Gasteiger partial charge on any atom is 0.392 e. The minimum Gasteiger partial charge on any atom is -0.308 e. The van der Waals surface area contributed by atoms with Crippen LogP contribution in [-0.4, -0.2) is 46.7 Å². The van der Waals surface area contributed by atoms with E-state index in [0.29, 0.717) is 11.6 Å². The minimum absolute atomic E-state index is 0.133. The van der Waals surface area contributed by atoms with Gasteiger partial charge in [0, 0.05) is 7.05 Å². The van der Waals surface area contributed by atoms with Crippen LogP contribution in [0.4, 0.5) is 0 Å². The summed E-state index contributed by atoms with van der Waals surface area (Å²) >= 11 is 0. The molecule has 0 saturated heterocycles. The van der Waals surface area contributed by atoms with Crippen molar-refractivity contribution in [2.24, 2.45) is 7.05 Å². The van der Waals surface area contributed by atoms with Gasteiger partial charge in [-0.05, 0) is 39.4 Å². The Hall–Kier alpha value is -1.63. The Labute approximate surface area is 106 Å². The molecular formula is C11H19N5O2+. The molecule has 0 aromatic carbocycles. The maximum absolute atomic E-state index is 12.4. The van der Waals surface area contributed by atoms with Gasteiger partial charge in [0.25, 0.3) is 5.82 Å². The lowest BCUT2D eigenvalue weighted by Crippen LogP contribution is -2.53. The Morgan fingerprint density at radius 3 is 2.11 bits per heavy atom. The standard InChI is InChI=1S/C11H19N5O2/c1-7-12-13-8(14(7)6)9-15(17)10(2,3)11(4,5)16(9)18/h17H,1-6H3/q+1. The smallest absolute Gasteiger partial charge is 0.308 e. The molecule has 1 radical (unpaired) electrons. The lowest BCUT2D eigenvalue weighted by Gasteiger charge is -2.28. The monoisotopic (exact) mass is 253 g/mol. The number of amidine groups is 1. The molecule has 1 N–H and O–H groups in total. The van der Waals surface area contributed by atoms with Crippen LogP contribution in [-0.2, 0) is 12.3 Å². The van der Waals surface area contributed by atoms with E-state index in [1.807, 2.05) is 13.8 Å². The van der Waals surface area contributed by atoms with Crippen molar-refractivity contribution in [3.63, 3.8) is 0 Å². The summed E-state index contributed by atoms with van der Waals surface area (Å²) in [6.45, 7) is 9.00. The molecule has 1 aliphatic heterocycles. The zero-order valence-electron chi connectivity index (χ0n) is 11.6. The fourth-order valence-corrected chi connectivity index (χ4v) is 1.91. The zero-order valence-corrected chi connectivity index (χ0v) is 11.6. The van der Waals surface area contributed by atoms with E-state index in [2.05, 4.69) is 10.2 Å². The van der Waals surface area contributed by atoms with E-state index in [-0.39, 0.29) is 5.84 Å². The molecule has 18 heavy (non-hydrogen) atoms. The van der Waals surface area contributed by atoms with Crippen molar-refractivity contribution in [2.45, 2.75) is 45.7 Å². The molecule has 7 heteroatoms. The predicted octanol–water partition coefficient (Wildman–Crippen LogP) is 0.490. The highest BCUT2D eigenvalue weighted by Gasteiger charge is 2.64. The highest BCUT2D eigenvalue weighted by Crippen LogP contribution is 2.36. The predicted molar refractivity (Wildman–Crippen MR) is 62.6 cm³/mol. The summed E-state index contributed by atoms with van der Waals surface area (Å²) in [5.41, 5.74) is -1.49. The average molecular weight is 253 g/mol. The third kappa shape index (κ3) is 1.30. The lowest BCUT2D eigenvalue weighted by molar-refractivity contribution is -0.854. The average Bonchev–Trinajstić information content (AvgIpc) is 2.64. The molecule has 0 fully saturated rings. The van der Waals surface area contributed by atoms with E-state index < -0.39 is 11.1 Å². The number of hydrogen-bond donors (Lipinski definition) is 1. The van der Waals surface area contributed by atoms with Crippen molar-refractivity contribution >= 4 is 5.84 Å². The van der Waals surface area contributed by atoms with Gasteiger partial charge >= 0.3 is 5.84 Å². The number of hydroxylamine groups is 3. The molecule has 1 aromatic rings. The quantitative estimate of drug-likeness (QED) is 0.739. The van der Waals surface area contributed by atoms with Gasteiger partial charge in [-0.15, -0.1) is 15.3 Å². The lowest BCUT2D eigenvalue weighted by atomic mass is 9.84. The molecule has 0 aliphatic carbocycles. The first-order valence-electron chi connectivity index (χ1n) is 5.82. The summed E-state index contributed by atoms with van der Waals surface area (Å²) in [4.78, 5) is 0. The third-order valence-corrected chi connectivity index (χ3v) is 4.22. The summed E-state index contributed by atoms with van der Waals surface area (Å²) < 4.78 is 2.48. The van der Waals surface area contributed by atoms with Crippen molar-refractivity contribution in [3.05, 3.63) is 11.6 Å². The van der Waals surface area contributed by atoms with Gasteiger partial charge < -0.3 is 4.57 Å². The van der Waals surface area contributed by atoms with Gasteiger partial charge in [0.1, 0.15) is 5.82 Å². The van der Waals surface area contributed by atoms with Gasteiger partial charge in [0.05, 0.1) is 0 Å². The second kappa shape index (κ2) is 3.44. The van der Waals surface area contributed by atoms with Crippen LogP contribution in [0.2, 0.25) is 0 Å². The Bertz CT molecular complexity index is 530. The summed E-state index contributed by atoms with van der Waals surface area (Å²) in [6, 6.07) is 0. The third-order valence-electron chi connectivity index (χ3n) is 4.22. The summed E-state index contributed by atoms with van der Waals surface area (Å²) in [5.74, 6) is 1.18. The van der Waals surface area contributed by atoms with Gasteiger partial charge in [-0.3, -0.25) is 0 Å².